The van der Waals surface area contributed by atoms with Crippen LogP contribution >= 0.6 is 15.9 Å². The highest BCUT2D eigenvalue weighted by atomic mass is 79.9. The van der Waals surface area contributed by atoms with Gasteiger partial charge in [-0.25, -0.2) is 9.55 Å². The van der Waals surface area contributed by atoms with Crippen molar-refractivity contribution in [2.75, 3.05) is 12.4 Å². The summed E-state index contributed by atoms with van der Waals surface area (Å²) in [5, 5.41) is 6.84. The van der Waals surface area contributed by atoms with Crippen LogP contribution in [-0.4, -0.2) is 50.4 Å². The molecule has 5 rings (SSSR count). The Balaban J connectivity index is 1.53. The summed E-state index contributed by atoms with van der Waals surface area (Å²) in [4.78, 5) is 49.4. The van der Waals surface area contributed by atoms with Gasteiger partial charge in [-0.1, -0.05) is 6.07 Å². The first-order valence-corrected chi connectivity index (χ1v) is 13.7. The number of benzene rings is 2. The molecule has 0 bridgehead atoms. The minimum Gasteiger partial charge on any atom is -0.355 e. The van der Waals surface area contributed by atoms with Crippen LogP contribution in [0.2, 0.25) is 0 Å². The van der Waals surface area contributed by atoms with Crippen LogP contribution < -0.4 is 16.2 Å². The van der Waals surface area contributed by atoms with Gasteiger partial charge in [-0.15, -0.1) is 0 Å². The molecule has 9 nitrogen and oxygen atoms in total. The van der Waals surface area contributed by atoms with Crippen molar-refractivity contribution in [1.82, 2.24) is 24.8 Å². The molecule has 39 heavy (non-hydrogen) atoms. The molecule has 0 unspecified atom stereocenters. The number of hydrogen-bond acceptors (Lipinski definition) is 5. The third-order valence-electron chi connectivity index (χ3n) is 7.07. The molecule has 10 heteroatoms. The fourth-order valence-corrected chi connectivity index (χ4v) is 5.44. The summed E-state index contributed by atoms with van der Waals surface area (Å²) in [5.74, 6) is 0.0606. The zero-order valence-corrected chi connectivity index (χ0v) is 24.1. The SMILES string of the molecule is CNC(=O)c1ccc(-n2c(NC(C)C)nc3c(c2=O)C[C@@H](C)N(C(=O)c2cc4c(Br)c(C)ccc4[nH]2)C3)cc1. The van der Waals surface area contributed by atoms with Crippen LogP contribution in [0.4, 0.5) is 5.95 Å². The molecule has 3 N–H and O–H groups in total. The number of rotatable bonds is 5. The molecule has 0 aliphatic carbocycles. The topological polar surface area (TPSA) is 112 Å². The number of aromatic nitrogens is 3. The number of fused-ring (bicyclic) bond motifs is 2. The van der Waals surface area contributed by atoms with Gasteiger partial charge in [0.1, 0.15) is 5.69 Å². The summed E-state index contributed by atoms with van der Waals surface area (Å²) < 4.78 is 2.51. The van der Waals surface area contributed by atoms with Gasteiger partial charge in [-0.05, 0) is 92.0 Å². The van der Waals surface area contributed by atoms with Crippen molar-refractivity contribution < 1.29 is 9.59 Å². The number of amides is 2. The quantitative estimate of drug-likeness (QED) is 0.315. The summed E-state index contributed by atoms with van der Waals surface area (Å²) in [6.45, 7) is 8.13. The average Bonchev–Trinajstić information content (AvgIpc) is 3.35. The van der Waals surface area contributed by atoms with Crippen LogP contribution in [0.1, 0.15) is 58.4 Å². The smallest absolute Gasteiger partial charge is 0.270 e. The standard InChI is InChI=1S/C29H31BrN6O3/c1-15(2)32-29-34-24-14-35(28(39)23-13-20-22(33-23)11-6-16(3)25(20)30)17(4)12-21(24)27(38)36(29)19-9-7-18(8-10-19)26(37)31-5/h6-11,13,15,17,33H,12,14H2,1-5H3,(H,31,37)(H,32,34)/t17-/m1/s1. The van der Waals surface area contributed by atoms with Crippen molar-refractivity contribution in [2.45, 2.75) is 52.7 Å². The molecular formula is C29H31BrN6O3. The average molecular weight is 592 g/mol. The van der Waals surface area contributed by atoms with Gasteiger partial charge in [0, 0.05) is 45.6 Å². The van der Waals surface area contributed by atoms with E-state index in [1.54, 1.807) is 40.8 Å². The van der Waals surface area contributed by atoms with Gasteiger partial charge >= 0.3 is 0 Å². The Labute approximate surface area is 234 Å². The lowest BCUT2D eigenvalue weighted by atomic mass is 9.99. The summed E-state index contributed by atoms with van der Waals surface area (Å²) in [6.07, 6.45) is 0.383. The number of anilines is 1. The Morgan fingerprint density at radius 2 is 1.87 bits per heavy atom. The lowest BCUT2D eigenvalue weighted by Crippen LogP contribution is -2.46. The van der Waals surface area contributed by atoms with Crippen molar-refractivity contribution in [1.29, 1.82) is 0 Å². The molecule has 0 fully saturated rings. The number of hydrogen-bond donors (Lipinski definition) is 3. The van der Waals surface area contributed by atoms with E-state index in [9.17, 15) is 14.4 Å². The number of carbonyl (C=O) groups is 2. The predicted octanol–water partition coefficient (Wildman–Crippen LogP) is 4.55. The van der Waals surface area contributed by atoms with Gasteiger partial charge in [0.15, 0.2) is 0 Å². The van der Waals surface area contributed by atoms with E-state index in [-0.39, 0.29) is 36.0 Å². The van der Waals surface area contributed by atoms with E-state index in [1.807, 2.05) is 45.9 Å². The molecule has 2 aromatic heterocycles. The van der Waals surface area contributed by atoms with Crippen molar-refractivity contribution in [3.63, 3.8) is 0 Å². The van der Waals surface area contributed by atoms with Crippen LogP contribution in [0.3, 0.4) is 0 Å². The van der Waals surface area contributed by atoms with E-state index >= 15 is 0 Å². The molecule has 4 aromatic rings. The molecule has 0 radical (unpaired) electrons. The maximum atomic E-state index is 13.9. The third-order valence-corrected chi connectivity index (χ3v) is 8.12. The van der Waals surface area contributed by atoms with Crippen LogP contribution in [0.5, 0.6) is 0 Å². The Morgan fingerprint density at radius 1 is 1.15 bits per heavy atom. The summed E-state index contributed by atoms with van der Waals surface area (Å²) in [5.41, 5.74) is 4.57. The Bertz CT molecular complexity index is 1650. The van der Waals surface area contributed by atoms with Gasteiger partial charge in [0.25, 0.3) is 17.4 Å². The molecule has 1 aliphatic heterocycles. The van der Waals surface area contributed by atoms with Gasteiger partial charge in [0.05, 0.1) is 17.9 Å². The number of nitrogens with zero attached hydrogens (tertiary/aromatic N) is 3. The summed E-state index contributed by atoms with van der Waals surface area (Å²) >= 11 is 3.63. The fourth-order valence-electron chi connectivity index (χ4n) is 4.98. The van der Waals surface area contributed by atoms with E-state index in [1.165, 1.54) is 0 Å². The highest BCUT2D eigenvalue weighted by Gasteiger charge is 2.32. The normalized spacial score (nSPS) is 14.9. The number of halogens is 1. The van der Waals surface area contributed by atoms with Crippen molar-refractivity contribution >= 4 is 44.6 Å². The van der Waals surface area contributed by atoms with Crippen LogP contribution in [0.15, 0.2) is 51.7 Å². The van der Waals surface area contributed by atoms with E-state index in [0.29, 0.717) is 40.6 Å². The Kier molecular flexibility index (Phi) is 7.07. The first-order valence-electron chi connectivity index (χ1n) is 12.9. The highest BCUT2D eigenvalue weighted by molar-refractivity contribution is 9.10. The zero-order valence-electron chi connectivity index (χ0n) is 22.6. The van der Waals surface area contributed by atoms with Gasteiger partial charge in [-0.3, -0.25) is 14.4 Å². The Hall–Kier alpha value is -3.92. The molecule has 202 valence electrons. The number of carbonyl (C=O) groups excluding carboxylic acids is 2. The number of H-pyrrole nitrogens is 1. The first-order chi connectivity index (χ1) is 18.6. The molecule has 2 amide bonds. The van der Waals surface area contributed by atoms with E-state index in [2.05, 4.69) is 31.5 Å². The zero-order chi connectivity index (χ0) is 28.0. The molecular weight excluding hydrogens is 560 g/mol. The monoisotopic (exact) mass is 590 g/mol. The van der Waals surface area contributed by atoms with E-state index in [0.717, 1.165) is 20.9 Å². The highest BCUT2D eigenvalue weighted by Crippen LogP contribution is 2.30. The first kappa shape index (κ1) is 26.7. The second-order valence-electron chi connectivity index (χ2n) is 10.3. The van der Waals surface area contributed by atoms with Crippen LogP contribution in [0.25, 0.3) is 16.6 Å². The maximum absolute atomic E-state index is 13.9. The molecule has 0 spiro atoms. The maximum Gasteiger partial charge on any atom is 0.270 e. The molecule has 1 aliphatic rings. The molecule has 2 aromatic carbocycles. The molecule has 1 atom stereocenters. The second-order valence-corrected chi connectivity index (χ2v) is 11.0. The second kappa shape index (κ2) is 10.3. The third kappa shape index (κ3) is 4.85. The lowest BCUT2D eigenvalue weighted by molar-refractivity contribution is 0.0648. The minimum absolute atomic E-state index is 0.0137. The molecule has 0 saturated carbocycles. The minimum atomic E-state index is -0.205. The summed E-state index contributed by atoms with van der Waals surface area (Å²) in [6, 6.07) is 12.5. The Morgan fingerprint density at radius 3 is 2.54 bits per heavy atom. The van der Waals surface area contributed by atoms with E-state index in [4.69, 9.17) is 4.98 Å². The van der Waals surface area contributed by atoms with Crippen LogP contribution in [-0.2, 0) is 13.0 Å². The van der Waals surface area contributed by atoms with Crippen molar-refractivity contribution in [3.05, 3.63) is 85.4 Å². The predicted molar refractivity (Wildman–Crippen MR) is 156 cm³/mol. The largest absolute Gasteiger partial charge is 0.355 e. The molecule has 0 saturated heterocycles. The van der Waals surface area contributed by atoms with Crippen LogP contribution in [0, 0.1) is 6.92 Å². The number of aryl methyl sites for hydroxylation is 1. The van der Waals surface area contributed by atoms with Crippen molar-refractivity contribution in [3.8, 4) is 5.69 Å². The van der Waals surface area contributed by atoms with Gasteiger partial charge < -0.3 is 20.5 Å². The van der Waals surface area contributed by atoms with Gasteiger partial charge in [-0.2, -0.15) is 0 Å². The summed E-state index contributed by atoms with van der Waals surface area (Å²) in [7, 11) is 1.58. The number of nitrogens with one attached hydrogen (secondary N) is 3. The van der Waals surface area contributed by atoms with E-state index < -0.39 is 0 Å². The fraction of sp³-hybridized carbons (Fsp3) is 0.310. The van der Waals surface area contributed by atoms with Gasteiger partial charge in [0.2, 0.25) is 5.95 Å². The lowest BCUT2D eigenvalue weighted by Gasteiger charge is -2.34. The molecule has 3 heterocycles. The van der Waals surface area contributed by atoms with Crippen molar-refractivity contribution in [2.24, 2.45) is 0 Å². The number of aromatic amines is 1.